The molecule has 150 valence electrons. The first-order valence-corrected chi connectivity index (χ1v) is 9.29. The van der Waals surface area contributed by atoms with Crippen molar-refractivity contribution in [3.05, 3.63) is 71.9 Å². The number of carbonyl (C=O) groups is 3. The van der Waals surface area contributed by atoms with E-state index in [1.54, 1.807) is 0 Å². The van der Waals surface area contributed by atoms with E-state index < -0.39 is 17.9 Å². The molecule has 0 saturated carbocycles. The van der Waals surface area contributed by atoms with Crippen molar-refractivity contribution in [3.63, 3.8) is 0 Å². The Hall–Kier alpha value is -3.61. The van der Waals surface area contributed by atoms with E-state index in [1.807, 2.05) is 60.8 Å². The topological polar surface area (TPSA) is 100 Å². The zero-order valence-electron chi connectivity index (χ0n) is 16.1. The second-order valence-corrected chi connectivity index (χ2v) is 6.65. The molecule has 3 aromatic rings. The number of benzene rings is 2. The number of H-pyrrole nitrogens is 1. The van der Waals surface area contributed by atoms with Crippen molar-refractivity contribution in [2.24, 2.45) is 0 Å². The molecule has 0 spiro atoms. The van der Waals surface area contributed by atoms with E-state index in [4.69, 9.17) is 4.74 Å². The monoisotopic (exact) mass is 393 g/mol. The highest BCUT2D eigenvalue weighted by Gasteiger charge is 2.23. The molecule has 2 aromatic carbocycles. The Balaban J connectivity index is 1.57. The van der Waals surface area contributed by atoms with E-state index in [9.17, 15) is 14.4 Å². The number of amides is 2. The van der Waals surface area contributed by atoms with Crippen LogP contribution in [0, 0.1) is 0 Å². The van der Waals surface area contributed by atoms with Gasteiger partial charge in [-0.15, -0.1) is 0 Å². The largest absolute Gasteiger partial charge is 0.467 e. The lowest BCUT2D eigenvalue weighted by Gasteiger charge is -2.16. The predicted molar refractivity (Wildman–Crippen MR) is 109 cm³/mol. The third kappa shape index (κ3) is 5.44. The summed E-state index contributed by atoms with van der Waals surface area (Å²) < 4.78 is 4.83. The van der Waals surface area contributed by atoms with Crippen LogP contribution >= 0.6 is 0 Å². The highest BCUT2D eigenvalue weighted by atomic mass is 16.5. The second kappa shape index (κ2) is 9.54. The summed E-state index contributed by atoms with van der Waals surface area (Å²) in [6.45, 7) is -0.215. The number of aromatic nitrogens is 1. The van der Waals surface area contributed by atoms with Gasteiger partial charge in [-0.3, -0.25) is 9.59 Å². The maximum Gasteiger partial charge on any atom is 0.328 e. The van der Waals surface area contributed by atoms with Gasteiger partial charge in [-0.1, -0.05) is 48.5 Å². The molecular weight excluding hydrogens is 370 g/mol. The number of ether oxygens (including phenoxy) is 1. The minimum absolute atomic E-state index is 0.184. The molecule has 1 aromatic heterocycles. The number of esters is 1. The van der Waals surface area contributed by atoms with Gasteiger partial charge in [-0.05, 0) is 17.2 Å². The summed E-state index contributed by atoms with van der Waals surface area (Å²) in [5.74, 6) is -1.27. The Labute approximate surface area is 168 Å². The number of rotatable bonds is 8. The molecule has 0 aliphatic heterocycles. The summed E-state index contributed by atoms with van der Waals surface area (Å²) in [4.78, 5) is 39.6. The molecule has 3 rings (SSSR count). The van der Waals surface area contributed by atoms with Crippen LogP contribution in [0.25, 0.3) is 10.9 Å². The fourth-order valence-electron chi connectivity index (χ4n) is 3.12. The summed E-state index contributed by atoms with van der Waals surface area (Å²) in [5, 5.41) is 6.20. The lowest BCUT2D eigenvalue weighted by Crippen LogP contribution is -2.47. The first-order chi connectivity index (χ1) is 14.1. The van der Waals surface area contributed by atoms with E-state index >= 15 is 0 Å². The Morgan fingerprint density at radius 1 is 1.00 bits per heavy atom. The Bertz CT molecular complexity index is 997. The Morgan fingerprint density at radius 3 is 2.48 bits per heavy atom. The maximum absolute atomic E-state index is 12.3. The number of hydrogen-bond acceptors (Lipinski definition) is 4. The first kappa shape index (κ1) is 20.1. The fraction of sp³-hybridized carbons (Fsp3) is 0.227. The summed E-state index contributed by atoms with van der Waals surface area (Å²) in [6.07, 6.45) is 2.28. The number of fused-ring (bicyclic) bond motifs is 1. The first-order valence-electron chi connectivity index (χ1n) is 9.29. The smallest absolute Gasteiger partial charge is 0.328 e. The lowest BCUT2D eigenvalue weighted by molar-refractivity contribution is -0.144. The summed E-state index contributed by atoms with van der Waals surface area (Å²) in [5.41, 5.74) is 2.70. The normalized spacial score (nSPS) is 11.6. The number of aromatic amines is 1. The van der Waals surface area contributed by atoms with Gasteiger partial charge in [0.1, 0.15) is 6.04 Å². The van der Waals surface area contributed by atoms with Crippen molar-refractivity contribution in [2.45, 2.75) is 18.9 Å². The van der Waals surface area contributed by atoms with Crippen LogP contribution in [-0.2, 0) is 32.0 Å². The molecule has 0 saturated heterocycles. The molecule has 0 radical (unpaired) electrons. The van der Waals surface area contributed by atoms with Crippen LogP contribution in [0.5, 0.6) is 0 Å². The van der Waals surface area contributed by atoms with E-state index in [0.29, 0.717) is 0 Å². The lowest BCUT2D eigenvalue weighted by atomic mass is 10.0. The van der Waals surface area contributed by atoms with E-state index in [1.165, 1.54) is 7.11 Å². The van der Waals surface area contributed by atoms with Crippen LogP contribution in [0.2, 0.25) is 0 Å². The number of nitrogens with one attached hydrogen (secondary N) is 3. The molecule has 0 fully saturated rings. The highest BCUT2D eigenvalue weighted by molar-refractivity contribution is 5.90. The highest BCUT2D eigenvalue weighted by Crippen LogP contribution is 2.19. The quantitative estimate of drug-likeness (QED) is 0.508. The SMILES string of the molecule is COC(=O)C(Cc1c[nH]c2ccccc12)NC(=O)CNC(=O)Cc1ccccc1. The summed E-state index contributed by atoms with van der Waals surface area (Å²) in [6, 6.07) is 16.1. The fourth-order valence-corrected chi connectivity index (χ4v) is 3.12. The molecule has 0 aliphatic carbocycles. The van der Waals surface area contributed by atoms with Crippen LogP contribution in [0.1, 0.15) is 11.1 Å². The number of methoxy groups -OCH3 is 1. The van der Waals surface area contributed by atoms with Crippen molar-refractivity contribution < 1.29 is 19.1 Å². The molecule has 2 amide bonds. The Morgan fingerprint density at radius 2 is 1.72 bits per heavy atom. The molecule has 1 heterocycles. The minimum Gasteiger partial charge on any atom is -0.467 e. The number of para-hydroxylation sites is 1. The molecule has 0 aliphatic rings. The van der Waals surface area contributed by atoms with Gasteiger partial charge in [0.2, 0.25) is 11.8 Å². The molecule has 7 heteroatoms. The van der Waals surface area contributed by atoms with Crippen molar-refractivity contribution in [1.82, 2.24) is 15.6 Å². The zero-order chi connectivity index (χ0) is 20.6. The molecule has 3 N–H and O–H groups in total. The van der Waals surface area contributed by atoms with Gasteiger partial charge in [-0.25, -0.2) is 4.79 Å². The molecule has 1 atom stereocenters. The Kier molecular flexibility index (Phi) is 6.63. The number of hydrogen-bond donors (Lipinski definition) is 3. The standard InChI is InChI=1S/C22H23N3O4/c1-29-22(28)19(12-16-13-23-18-10-6-5-9-17(16)18)25-21(27)14-24-20(26)11-15-7-3-2-4-8-15/h2-10,13,19,23H,11-12,14H2,1H3,(H,24,26)(H,25,27). The van der Waals surface area contributed by atoms with Crippen LogP contribution in [0.4, 0.5) is 0 Å². The van der Waals surface area contributed by atoms with Crippen LogP contribution in [0.3, 0.4) is 0 Å². The average molecular weight is 393 g/mol. The maximum atomic E-state index is 12.3. The van der Waals surface area contributed by atoms with Crippen molar-refractivity contribution in [3.8, 4) is 0 Å². The molecule has 7 nitrogen and oxygen atoms in total. The van der Waals surface area contributed by atoms with Crippen LogP contribution in [0.15, 0.2) is 60.8 Å². The summed E-state index contributed by atoms with van der Waals surface area (Å²) in [7, 11) is 1.28. The minimum atomic E-state index is -0.849. The van der Waals surface area contributed by atoms with E-state index in [0.717, 1.165) is 22.0 Å². The van der Waals surface area contributed by atoms with Gasteiger partial charge < -0.3 is 20.4 Å². The van der Waals surface area contributed by atoms with Crippen LogP contribution < -0.4 is 10.6 Å². The van der Waals surface area contributed by atoms with Gasteiger partial charge in [0, 0.05) is 23.5 Å². The van der Waals surface area contributed by atoms with Gasteiger partial charge in [0.15, 0.2) is 0 Å². The van der Waals surface area contributed by atoms with Gasteiger partial charge in [0.05, 0.1) is 20.1 Å². The van der Waals surface area contributed by atoms with Crippen LogP contribution in [-0.4, -0.2) is 42.5 Å². The number of carbonyl (C=O) groups excluding carboxylic acids is 3. The molecule has 1 unspecified atom stereocenters. The average Bonchev–Trinajstić information content (AvgIpc) is 3.15. The van der Waals surface area contributed by atoms with Crippen molar-refractivity contribution >= 4 is 28.7 Å². The zero-order valence-corrected chi connectivity index (χ0v) is 16.1. The summed E-state index contributed by atoms with van der Waals surface area (Å²) >= 11 is 0. The molecule has 0 bridgehead atoms. The van der Waals surface area contributed by atoms with E-state index in [-0.39, 0.29) is 25.3 Å². The predicted octanol–water partition coefficient (Wildman–Crippen LogP) is 1.73. The van der Waals surface area contributed by atoms with E-state index in [2.05, 4.69) is 15.6 Å². The van der Waals surface area contributed by atoms with Gasteiger partial charge in [0.25, 0.3) is 0 Å². The van der Waals surface area contributed by atoms with Crippen molar-refractivity contribution in [1.29, 1.82) is 0 Å². The third-order valence-electron chi connectivity index (χ3n) is 4.57. The molecular formula is C22H23N3O4. The third-order valence-corrected chi connectivity index (χ3v) is 4.57. The van der Waals surface area contributed by atoms with Gasteiger partial charge >= 0.3 is 5.97 Å². The second-order valence-electron chi connectivity index (χ2n) is 6.65. The molecule has 29 heavy (non-hydrogen) atoms. The van der Waals surface area contributed by atoms with Gasteiger partial charge in [-0.2, -0.15) is 0 Å². The van der Waals surface area contributed by atoms with Crippen molar-refractivity contribution in [2.75, 3.05) is 13.7 Å².